The summed E-state index contributed by atoms with van der Waals surface area (Å²) in [5.74, 6) is 2.98. The third-order valence-electron chi connectivity index (χ3n) is 5.48. The average molecular weight is 248 g/mol. The second kappa shape index (κ2) is 3.14. The lowest BCUT2D eigenvalue weighted by Gasteiger charge is -2.36. The van der Waals surface area contributed by atoms with Crippen LogP contribution in [-0.2, 0) is 4.79 Å². The predicted octanol–water partition coefficient (Wildman–Crippen LogP) is 3.67. The molecule has 4 atom stereocenters. The van der Waals surface area contributed by atoms with E-state index in [4.69, 9.17) is 0 Å². The van der Waals surface area contributed by atoms with Gasteiger partial charge >= 0.3 is 0 Å². The van der Waals surface area contributed by atoms with Gasteiger partial charge in [-0.15, -0.1) is 0 Å². The predicted molar refractivity (Wildman–Crippen MR) is 73.4 cm³/mol. The van der Waals surface area contributed by atoms with Crippen LogP contribution in [0.15, 0.2) is 11.3 Å². The van der Waals surface area contributed by atoms with Crippen molar-refractivity contribution in [3.63, 3.8) is 0 Å². The number of ketones is 1. The van der Waals surface area contributed by atoms with Crippen molar-refractivity contribution in [1.82, 2.24) is 0 Å². The van der Waals surface area contributed by atoms with E-state index in [0.717, 1.165) is 5.92 Å². The number of allylic oxidation sites excluding steroid dienone is 2. The molecular weight excluding hydrogens is 224 g/mol. The summed E-state index contributed by atoms with van der Waals surface area (Å²) in [4.78, 5) is 12.7. The maximum Gasteiger partial charge on any atom is 0.158 e. The van der Waals surface area contributed by atoms with Gasteiger partial charge in [-0.2, -0.15) is 0 Å². The molecule has 3 aliphatic rings. The second-order valence-corrected chi connectivity index (χ2v) is 13.1. The van der Waals surface area contributed by atoms with Crippen molar-refractivity contribution in [2.75, 3.05) is 0 Å². The van der Waals surface area contributed by atoms with Crippen LogP contribution < -0.4 is 0 Å². The quantitative estimate of drug-likeness (QED) is 0.647. The summed E-state index contributed by atoms with van der Waals surface area (Å²) >= 11 is 0. The van der Waals surface area contributed by atoms with Crippen molar-refractivity contribution in [3.05, 3.63) is 11.3 Å². The summed E-state index contributed by atoms with van der Waals surface area (Å²) in [6.45, 7) is 11.7. The molecule has 0 saturated heterocycles. The SMILES string of the molecule is CC1(C)CC2CC1[C@H]1C(=O)C([Si](C)(C)C)=C[C@@H]21. The van der Waals surface area contributed by atoms with Gasteiger partial charge in [0.25, 0.3) is 0 Å². The molecule has 2 heteroatoms. The number of carbonyl (C=O) groups excluding carboxylic acids is 1. The largest absolute Gasteiger partial charge is 0.295 e. The molecule has 0 radical (unpaired) electrons. The number of carbonyl (C=O) groups is 1. The van der Waals surface area contributed by atoms with Gasteiger partial charge in [-0.3, -0.25) is 4.79 Å². The number of fused-ring (bicyclic) bond motifs is 5. The second-order valence-electron chi connectivity index (χ2n) is 8.09. The Kier molecular flexibility index (Phi) is 2.16. The van der Waals surface area contributed by atoms with Crippen LogP contribution in [0, 0.1) is 29.1 Å². The van der Waals surface area contributed by atoms with Crippen LogP contribution in [-0.4, -0.2) is 13.9 Å². The molecule has 0 amide bonds. The zero-order valence-electron chi connectivity index (χ0n) is 11.7. The molecule has 0 aromatic heterocycles. The van der Waals surface area contributed by atoms with Gasteiger partial charge in [-0.25, -0.2) is 0 Å². The molecule has 0 aliphatic heterocycles. The van der Waals surface area contributed by atoms with Gasteiger partial charge in [-0.1, -0.05) is 39.6 Å². The standard InChI is InChI=1S/C15H24OSi/c1-15(2)8-9-6-11(15)13-10(9)7-12(14(13)16)17(3,4)5/h7,9-11,13H,6,8H2,1-5H3/t9?,10-,11?,13-/m0/s1. The van der Waals surface area contributed by atoms with Crippen molar-refractivity contribution < 1.29 is 4.79 Å². The monoisotopic (exact) mass is 248 g/mol. The molecule has 2 bridgehead atoms. The molecule has 94 valence electrons. The number of hydrogen-bond acceptors (Lipinski definition) is 1. The topological polar surface area (TPSA) is 17.1 Å². The lowest BCUT2D eigenvalue weighted by atomic mass is 9.67. The van der Waals surface area contributed by atoms with E-state index >= 15 is 0 Å². The average Bonchev–Trinajstić information content (AvgIpc) is 2.72. The highest BCUT2D eigenvalue weighted by Gasteiger charge is 2.60. The van der Waals surface area contributed by atoms with Crippen molar-refractivity contribution in [2.24, 2.45) is 29.1 Å². The van der Waals surface area contributed by atoms with Crippen molar-refractivity contribution in [1.29, 1.82) is 0 Å². The molecule has 0 spiro atoms. The lowest BCUT2D eigenvalue weighted by molar-refractivity contribution is -0.121. The lowest BCUT2D eigenvalue weighted by Crippen LogP contribution is -2.37. The first-order chi connectivity index (χ1) is 7.72. The summed E-state index contributed by atoms with van der Waals surface area (Å²) in [5, 5.41) is 1.25. The molecule has 1 nitrogen and oxygen atoms in total. The molecule has 3 rings (SSSR count). The maximum atomic E-state index is 12.7. The smallest absolute Gasteiger partial charge is 0.158 e. The first-order valence-electron chi connectivity index (χ1n) is 6.98. The highest BCUT2D eigenvalue weighted by atomic mass is 28.3. The van der Waals surface area contributed by atoms with Crippen molar-refractivity contribution in [2.45, 2.75) is 46.3 Å². The molecule has 0 N–H and O–H groups in total. The summed E-state index contributed by atoms with van der Waals surface area (Å²) < 4.78 is 0. The molecule has 3 aliphatic carbocycles. The molecular formula is C15H24OSi. The number of Topliss-reactive ketones (excluding diaryl/α,β-unsaturated/α-hetero) is 1. The Bertz CT molecular complexity index is 413. The Hall–Kier alpha value is -0.373. The van der Waals surface area contributed by atoms with E-state index in [9.17, 15) is 4.79 Å². The first-order valence-corrected chi connectivity index (χ1v) is 10.5. The molecule has 2 fully saturated rings. The Morgan fingerprint density at radius 1 is 1.29 bits per heavy atom. The normalized spacial score (nSPS) is 42.9. The maximum absolute atomic E-state index is 12.7. The minimum absolute atomic E-state index is 0.366. The number of hydrogen-bond donors (Lipinski definition) is 0. The first kappa shape index (κ1) is 11.7. The van der Waals surface area contributed by atoms with Gasteiger partial charge in [0, 0.05) is 5.92 Å². The van der Waals surface area contributed by atoms with Crippen molar-refractivity contribution >= 4 is 13.9 Å². The van der Waals surface area contributed by atoms with Crippen LogP contribution in [0.4, 0.5) is 0 Å². The molecule has 0 aromatic rings. The van der Waals surface area contributed by atoms with E-state index in [0.29, 0.717) is 29.0 Å². The fraction of sp³-hybridized carbons (Fsp3) is 0.800. The molecule has 17 heavy (non-hydrogen) atoms. The number of rotatable bonds is 1. The van der Waals surface area contributed by atoms with Crippen LogP contribution in [0.5, 0.6) is 0 Å². The Labute approximate surface area is 106 Å². The van der Waals surface area contributed by atoms with Crippen LogP contribution in [0.25, 0.3) is 0 Å². The van der Waals surface area contributed by atoms with E-state index in [-0.39, 0.29) is 0 Å². The zero-order chi connectivity index (χ0) is 12.6. The van der Waals surface area contributed by atoms with E-state index in [1.54, 1.807) is 0 Å². The summed E-state index contributed by atoms with van der Waals surface area (Å²) in [7, 11) is -1.42. The van der Waals surface area contributed by atoms with Crippen LogP contribution >= 0.6 is 0 Å². The van der Waals surface area contributed by atoms with Gasteiger partial charge in [0.1, 0.15) is 0 Å². The molecule has 2 saturated carbocycles. The van der Waals surface area contributed by atoms with Crippen LogP contribution in [0.3, 0.4) is 0 Å². The minimum atomic E-state index is -1.42. The van der Waals surface area contributed by atoms with Gasteiger partial charge in [-0.05, 0) is 41.2 Å². The molecule has 0 heterocycles. The van der Waals surface area contributed by atoms with Gasteiger partial charge in [0.05, 0.1) is 8.07 Å². The third-order valence-corrected chi connectivity index (χ3v) is 7.51. The Balaban J connectivity index is 1.97. The third kappa shape index (κ3) is 1.46. The fourth-order valence-corrected chi connectivity index (χ4v) is 6.31. The zero-order valence-corrected chi connectivity index (χ0v) is 12.7. The fourth-order valence-electron chi connectivity index (χ4n) is 4.71. The van der Waals surface area contributed by atoms with Crippen molar-refractivity contribution in [3.8, 4) is 0 Å². The summed E-state index contributed by atoms with van der Waals surface area (Å²) in [5.41, 5.74) is 0.407. The highest BCUT2D eigenvalue weighted by Crippen LogP contribution is 2.64. The molecule has 2 unspecified atom stereocenters. The Morgan fingerprint density at radius 2 is 1.94 bits per heavy atom. The Morgan fingerprint density at radius 3 is 2.53 bits per heavy atom. The van der Waals surface area contributed by atoms with Gasteiger partial charge < -0.3 is 0 Å². The van der Waals surface area contributed by atoms with E-state index in [2.05, 4.69) is 39.6 Å². The van der Waals surface area contributed by atoms with Gasteiger partial charge in [0.2, 0.25) is 0 Å². The molecule has 0 aromatic carbocycles. The van der Waals surface area contributed by atoms with E-state index in [1.165, 1.54) is 18.0 Å². The summed E-state index contributed by atoms with van der Waals surface area (Å²) in [6, 6.07) is 0. The van der Waals surface area contributed by atoms with Gasteiger partial charge in [0.15, 0.2) is 5.78 Å². The highest BCUT2D eigenvalue weighted by molar-refractivity contribution is 6.87. The van der Waals surface area contributed by atoms with Crippen LogP contribution in [0.1, 0.15) is 26.7 Å². The summed E-state index contributed by atoms with van der Waals surface area (Å²) in [6.07, 6.45) is 5.05. The minimum Gasteiger partial charge on any atom is -0.295 e. The van der Waals surface area contributed by atoms with E-state index < -0.39 is 8.07 Å². The van der Waals surface area contributed by atoms with E-state index in [1.807, 2.05) is 0 Å². The van der Waals surface area contributed by atoms with Crippen LogP contribution in [0.2, 0.25) is 19.6 Å².